The first-order valence-electron chi connectivity index (χ1n) is 14.0. The van der Waals surface area contributed by atoms with Crippen LogP contribution >= 0.6 is 0 Å². The number of aryl methyl sites for hydroxylation is 4. The molecule has 0 radical (unpaired) electrons. The number of hydrogen-bond acceptors (Lipinski definition) is 2. The highest BCUT2D eigenvalue weighted by atomic mass is 16.5. The molecule has 0 N–H and O–H groups in total. The first-order valence-corrected chi connectivity index (χ1v) is 14.0. The molecule has 0 aromatic heterocycles. The minimum Gasteiger partial charge on any atom is -0.453 e. The molecular formula is C36H50O2. The van der Waals surface area contributed by atoms with E-state index in [1.807, 2.05) is 0 Å². The van der Waals surface area contributed by atoms with Crippen LogP contribution in [0.4, 0.5) is 0 Å². The standard InChI is InChI=1S/C36H50O2/c1-21-16-28(35(10,11)12)33(29(17-21)36(13,14)15)38-31-20-24(4)25(5)26(6)32(31)37-30-19-23(3)22(2)18-27(30)34(7,8)9/h16-20H,1-15H3. The molecule has 0 amide bonds. The average molecular weight is 515 g/mol. The average Bonchev–Trinajstić information content (AvgIpc) is 2.75. The maximum atomic E-state index is 7.02. The SMILES string of the molecule is Cc1cc(C(C)(C)C)c(Oc2cc(C)c(C)c(C)c2Oc2cc(C)c(C)cc2C(C)(C)C)c(C(C)(C)C)c1. The van der Waals surface area contributed by atoms with Crippen LogP contribution in [-0.2, 0) is 16.2 Å². The summed E-state index contributed by atoms with van der Waals surface area (Å²) in [4.78, 5) is 0. The van der Waals surface area contributed by atoms with Crippen molar-refractivity contribution in [3.8, 4) is 23.0 Å². The molecule has 0 spiro atoms. The van der Waals surface area contributed by atoms with Crippen LogP contribution in [0.15, 0.2) is 30.3 Å². The van der Waals surface area contributed by atoms with E-state index in [-0.39, 0.29) is 16.2 Å². The van der Waals surface area contributed by atoms with E-state index in [2.05, 4.69) is 134 Å². The maximum absolute atomic E-state index is 7.02. The molecule has 0 aliphatic rings. The third kappa shape index (κ3) is 6.11. The highest BCUT2D eigenvalue weighted by molar-refractivity contribution is 5.60. The van der Waals surface area contributed by atoms with Crippen molar-refractivity contribution in [1.82, 2.24) is 0 Å². The second-order valence-corrected chi connectivity index (χ2v) is 14.3. The van der Waals surface area contributed by atoms with Crippen molar-refractivity contribution in [3.63, 3.8) is 0 Å². The Kier molecular flexibility index (Phi) is 7.92. The van der Waals surface area contributed by atoms with Crippen LogP contribution in [0.25, 0.3) is 0 Å². The highest BCUT2D eigenvalue weighted by Gasteiger charge is 2.30. The van der Waals surface area contributed by atoms with E-state index in [1.165, 1.54) is 44.5 Å². The summed E-state index contributed by atoms with van der Waals surface area (Å²) < 4.78 is 13.9. The predicted octanol–water partition coefficient (Wildman–Crippen LogP) is 11.0. The van der Waals surface area contributed by atoms with Crippen LogP contribution in [0.1, 0.15) is 112 Å². The minimum atomic E-state index is -0.0787. The molecule has 0 aliphatic carbocycles. The van der Waals surface area contributed by atoms with Gasteiger partial charge in [0.1, 0.15) is 11.5 Å². The lowest BCUT2D eigenvalue weighted by atomic mass is 9.78. The van der Waals surface area contributed by atoms with Crippen molar-refractivity contribution < 1.29 is 9.47 Å². The van der Waals surface area contributed by atoms with Gasteiger partial charge in [-0.05, 0) is 97.7 Å². The Balaban J connectivity index is 2.32. The van der Waals surface area contributed by atoms with Crippen molar-refractivity contribution in [2.75, 3.05) is 0 Å². The van der Waals surface area contributed by atoms with Gasteiger partial charge < -0.3 is 9.47 Å². The monoisotopic (exact) mass is 514 g/mol. The van der Waals surface area contributed by atoms with Gasteiger partial charge >= 0.3 is 0 Å². The fraction of sp³-hybridized carbons (Fsp3) is 0.500. The second-order valence-electron chi connectivity index (χ2n) is 14.3. The van der Waals surface area contributed by atoms with Gasteiger partial charge in [-0.15, -0.1) is 0 Å². The van der Waals surface area contributed by atoms with Gasteiger partial charge in [-0.1, -0.05) is 86.1 Å². The third-order valence-corrected chi connectivity index (χ3v) is 7.74. The van der Waals surface area contributed by atoms with Crippen LogP contribution in [0, 0.1) is 41.5 Å². The van der Waals surface area contributed by atoms with Crippen molar-refractivity contribution in [2.24, 2.45) is 0 Å². The van der Waals surface area contributed by atoms with E-state index in [9.17, 15) is 0 Å². The molecule has 3 aromatic carbocycles. The van der Waals surface area contributed by atoms with Gasteiger partial charge in [0.25, 0.3) is 0 Å². The van der Waals surface area contributed by atoms with E-state index < -0.39 is 0 Å². The fourth-order valence-electron chi connectivity index (χ4n) is 4.90. The minimum absolute atomic E-state index is 0.0573. The molecule has 2 heteroatoms. The molecule has 0 fully saturated rings. The topological polar surface area (TPSA) is 18.5 Å². The summed E-state index contributed by atoms with van der Waals surface area (Å²) in [7, 11) is 0. The van der Waals surface area contributed by atoms with Gasteiger partial charge in [0.15, 0.2) is 11.5 Å². The van der Waals surface area contributed by atoms with Crippen LogP contribution in [0.2, 0.25) is 0 Å². The molecule has 3 rings (SSSR count). The molecule has 0 bridgehead atoms. The summed E-state index contributed by atoms with van der Waals surface area (Å²) in [6, 6.07) is 11.2. The van der Waals surface area contributed by atoms with E-state index in [0.717, 1.165) is 28.6 Å². The Morgan fingerprint density at radius 3 is 1.32 bits per heavy atom. The summed E-state index contributed by atoms with van der Waals surface area (Å²) in [5.74, 6) is 3.40. The van der Waals surface area contributed by atoms with Crippen LogP contribution in [-0.4, -0.2) is 0 Å². The molecule has 2 nitrogen and oxygen atoms in total. The lowest BCUT2D eigenvalue weighted by molar-refractivity contribution is 0.389. The Morgan fingerprint density at radius 2 is 0.842 bits per heavy atom. The molecule has 38 heavy (non-hydrogen) atoms. The molecule has 206 valence electrons. The first-order chi connectivity index (χ1) is 17.2. The predicted molar refractivity (Wildman–Crippen MR) is 164 cm³/mol. The summed E-state index contributed by atoms with van der Waals surface area (Å²) in [6.45, 7) is 33.2. The van der Waals surface area contributed by atoms with Crippen molar-refractivity contribution in [1.29, 1.82) is 0 Å². The Bertz CT molecular complexity index is 1320. The van der Waals surface area contributed by atoms with Gasteiger partial charge in [-0.3, -0.25) is 0 Å². The summed E-state index contributed by atoms with van der Waals surface area (Å²) in [6.07, 6.45) is 0. The Morgan fingerprint density at radius 1 is 0.421 bits per heavy atom. The lowest BCUT2D eigenvalue weighted by Gasteiger charge is -2.31. The summed E-state index contributed by atoms with van der Waals surface area (Å²) >= 11 is 0. The molecule has 0 aliphatic heterocycles. The van der Waals surface area contributed by atoms with E-state index in [0.29, 0.717) is 0 Å². The first kappa shape index (κ1) is 29.8. The zero-order chi connectivity index (χ0) is 29.0. The van der Waals surface area contributed by atoms with Gasteiger partial charge in [0.05, 0.1) is 0 Å². The number of benzene rings is 3. The second kappa shape index (κ2) is 10.1. The zero-order valence-corrected chi connectivity index (χ0v) is 26.7. The molecule has 0 saturated heterocycles. The molecule has 0 heterocycles. The van der Waals surface area contributed by atoms with Gasteiger partial charge in [0, 0.05) is 16.7 Å². The van der Waals surface area contributed by atoms with E-state index in [4.69, 9.17) is 9.47 Å². The lowest BCUT2D eigenvalue weighted by Crippen LogP contribution is -2.19. The maximum Gasteiger partial charge on any atom is 0.173 e. The van der Waals surface area contributed by atoms with E-state index in [1.54, 1.807) is 0 Å². The largest absolute Gasteiger partial charge is 0.453 e. The van der Waals surface area contributed by atoms with E-state index >= 15 is 0 Å². The van der Waals surface area contributed by atoms with Crippen molar-refractivity contribution in [2.45, 2.75) is 120 Å². The number of rotatable bonds is 4. The van der Waals surface area contributed by atoms with Gasteiger partial charge in [0.2, 0.25) is 0 Å². The molecule has 0 atom stereocenters. The van der Waals surface area contributed by atoms with Gasteiger partial charge in [-0.2, -0.15) is 0 Å². The molecule has 0 saturated carbocycles. The zero-order valence-electron chi connectivity index (χ0n) is 26.7. The van der Waals surface area contributed by atoms with Crippen LogP contribution < -0.4 is 9.47 Å². The quantitative estimate of drug-likeness (QED) is 0.345. The van der Waals surface area contributed by atoms with Crippen molar-refractivity contribution >= 4 is 0 Å². The third-order valence-electron chi connectivity index (χ3n) is 7.74. The molecular weight excluding hydrogens is 464 g/mol. The number of ether oxygens (including phenoxy) is 2. The summed E-state index contributed by atoms with van der Waals surface area (Å²) in [5, 5.41) is 0. The normalized spacial score (nSPS) is 12.6. The van der Waals surface area contributed by atoms with Crippen LogP contribution in [0.3, 0.4) is 0 Å². The molecule has 0 unspecified atom stereocenters. The summed E-state index contributed by atoms with van der Waals surface area (Å²) in [5.41, 5.74) is 10.7. The van der Waals surface area contributed by atoms with Crippen molar-refractivity contribution in [3.05, 3.63) is 80.4 Å². The van der Waals surface area contributed by atoms with Gasteiger partial charge in [-0.25, -0.2) is 0 Å². The fourth-order valence-corrected chi connectivity index (χ4v) is 4.90. The Hall–Kier alpha value is -2.74. The smallest absolute Gasteiger partial charge is 0.173 e. The molecule has 3 aromatic rings. The Labute approximate surface area is 232 Å². The number of hydrogen-bond donors (Lipinski definition) is 0. The van der Waals surface area contributed by atoms with Crippen LogP contribution in [0.5, 0.6) is 23.0 Å². The highest BCUT2D eigenvalue weighted by Crippen LogP contribution is 2.48.